The summed E-state index contributed by atoms with van der Waals surface area (Å²) in [7, 11) is -4.17. The largest absolute Gasteiger partial charge is 0.354 e. The maximum absolute atomic E-state index is 14.5. The molecule has 1 atom stereocenters. The fourth-order valence-corrected chi connectivity index (χ4v) is 6.74. The molecule has 9 heteroatoms. The predicted molar refractivity (Wildman–Crippen MR) is 181 cm³/mol. The number of rotatable bonds is 14. The summed E-state index contributed by atoms with van der Waals surface area (Å²) in [5, 5.41) is 3.44. The molecule has 0 aromatic heterocycles. The molecular weight excluding hydrogens is 606 g/mol. The van der Waals surface area contributed by atoms with Gasteiger partial charge in [0.1, 0.15) is 12.6 Å². The molecule has 0 bridgehead atoms. The molecule has 4 aromatic carbocycles. The van der Waals surface area contributed by atoms with E-state index in [-0.39, 0.29) is 23.8 Å². The summed E-state index contributed by atoms with van der Waals surface area (Å²) in [4.78, 5) is 29.9. The average Bonchev–Trinajstić information content (AvgIpc) is 3.03. The summed E-state index contributed by atoms with van der Waals surface area (Å²) in [6, 6.07) is 29.3. The van der Waals surface area contributed by atoms with Gasteiger partial charge in [-0.2, -0.15) is 0 Å². The van der Waals surface area contributed by atoms with Crippen LogP contribution >= 0.6 is 11.6 Å². The molecule has 4 aromatic rings. The quantitative estimate of drug-likeness (QED) is 0.155. The van der Waals surface area contributed by atoms with E-state index >= 15 is 0 Å². The average molecular weight is 646 g/mol. The SMILES string of the molecule is CCCCNC(=O)[C@@H](Cc1ccccc1)N(Cc1ccccc1Cl)C(=O)CN(c1ccccc1C)S(=O)(=O)c1ccc(C)cc1. The van der Waals surface area contributed by atoms with Gasteiger partial charge in [-0.1, -0.05) is 109 Å². The van der Waals surface area contributed by atoms with E-state index in [1.807, 2.05) is 56.3 Å². The van der Waals surface area contributed by atoms with Crippen molar-refractivity contribution in [1.29, 1.82) is 0 Å². The number of halogens is 1. The van der Waals surface area contributed by atoms with Crippen molar-refractivity contribution in [1.82, 2.24) is 10.2 Å². The Hall–Kier alpha value is -4.14. The lowest BCUT2D eigenvalue weighted by molar-refractivity contribution is -0.140. The highest BCUT2D eigenvalue weighted by Crippen LogP contribution is 2.28. The number of hydrogen-bond acceptors (Lipinski definition) is 4. The second kappa shape index (κ2) is 15.7. The number of aryl methyl sites for hydroxylation is 2. The Labute approximate surface area is 271 Å². The lowest BCUT2D eigenvalue weighted by atomic mass is 10.0. The third-order valence-electron chi connectivity index (χ3n) is 7.67. The standard InChI is InChI=1S/C36H40ClN3O4S/c1-4-5-23-38-36(42)34(24-29-14-7-6-8-15-29)39(25-30-16-10-11-17-32(30)37)35(41)26-40(33-18-12-9-13-28(33)3)45(43,44)31-21-19-27(2)20-22-31/h6-22,34H,4-5,23-26H2,1-3H3,(H,38,42)/t34-/m1/s1. The number of anilines is 1. The lowest BCUT2D eigenvalue weighted by Crippen LogP contribution is -2.53. The van der Waals surface area contributed by atoms with Crippen molar-refractivity contribution >= 4 is 39.1 Å². The number of sulfonamides is 1. The van der Waals surface area contributed by atoms with Gasteiger partial charge >= 0.3 is 0 Å². The number of carbonyl (C=O) groups is 2. The van der Waals surface area contributed by atoms with Crippen molar-refractivity contribution < 1.29 is 18.0 Å². The molecule has 0 heterocycles. The number of para-hydroxylation sites is 1. The first kappa shape index (κ1) is 33.7. The van der Waals surface area contributed by atoms with Crippen LogP contribution in [0.1, 0.15) is 42.0 Å². The van der Waals surface area contributed by atoms with Crippen LogP contribution in [0, 0.1) is 13.8 Å². The van der Waals surface area contributed by atoms with Crippen LogP contribution in [0.5, 0.6) is 0 Å². The highest BCUT2D eigenvalue weighted by molar-refractivity contribution is 7.92. The van der Waals surface area contributed by atoms with Crippen LogP contribution in [-0.2, 0) is 32.6 Å². The zero-order chi connectivity index (χ0) is 32.4. The van der Waals surface area contributed by atoms with Gasteiger partial charge in [0.05, 0.1) is 10.6 Å². The van der Waals surface area contributed by atoms with Crippen molar-refractivity contribution in [3.8, 4) is 0 Å². The first-order chi connectivity index (χ1) is 21.6. The molecule has 0 aliphatic carbocycles. The van der Waals surface area contributed by atoms with E-state index < -0.39 is 28.5 Å². The molecule has 0 saturated carbocycles. The van der Waals surface area contributed by atoms with Crippen LogP contribution in [-0.4, -0.2) is 44.3 Å². The fourth-order valence-electron chi connectivity index (χ4n) is 5.06. The topological polar surface area (TPSA) is 86.8 Å². The van der Waals surface area contributed by atoms with Crippen LogP contribution in [0.25, 0.3) is 0 Å². The molecule has 4 rings (SSSR count). The van der Waals surface area contributed by atoms with Crippen LogP contribution in [0.3, 0.4) is 0 Å². The summed E-state index contributed by atoms with van der Waals surface area (Å²) in [6.45, 7) is 5.69. The zero-order valence-electron chi connectivity index (χ0n) is 25.9. The van der Waals surface area contributed by atoms with Gasteiger partial charge in [0.2, 0.25) is 11.8 Å². The summed E-state index contributed by atoms with van der Waals surface area (Å²) < 4.78 is 29.5. The predicted octanol–water partition coefficient (Wildman–Crippen LogP) is 6.71. The minimum absolute atomic E-state index is 0.0173. The Bertz CT molecular complexity index is 1700. The number of amides is 2. The monoisotopic (exact) mass is 645 g/mol. The van der Waals surface area contributed by atoms with Gasteiger partial charge in [0.15, 0.2) is 0 Å². The number of carbonyl (C=O) groups excluding carboxylic acids is 2. The first-order valence-corrected chi connectivity index (χ1v) is 16.9. The maximum Gasteiger partial charge on any atom is 0.264 e. The van der Waals surface area contributed by atoms with Crippen molar-refractivity contribution in [2.45, 2.75) is 57.5 Å². The molecule has 2 amide bonds. The van der Waals surface area contributed by atoms with Crippen LogP contribution < -0.4 is 9.62 Å². The molecule has 0 radical (unpaired) electrons. The highest BCUT2D eigenvalue weighted by Gasteiger charge is 2.35. The van der Waals surface area contributed by atoms with Gasteiger partial charge in [0.25, 0.3) is 10.0 Å². The Balaban J connectivity index is 1.80. The van der Waals surface area contributed by atoms with E-state index in [4.69, 9.17) is 11.6 Å². The number of nitrogens with one attached hydrogen (secondary N) is 1. The molecule has 0 unspecified atom stereocenters. The van der Waals surface area contributed by atoms with Crippen LogP contribution in [0.2, 0.25) is 5.02 Å². The van der Waals surface area contributed by atoms with Gasteiger partial charge in [-0.3, -0.25) is 13.9 Å². The molecule has 0 aliphatic rings. The molecule has 0 aliphatic heterocycles. The van der Waals surface area contributed by atoms with E-state index in [1.165, 1.54) is 4.90 Å². The van der Waals surface area contributed by atoms with Crippen molar-refractivity contribution in [2.75, 3.05) is 17.4 Å². The summed E-state index contributed by atoms with van der Waals surface area (Å²) in [5.41, 5.74) is 3.51. The first-order valence-electron chi connectivity index (χ1n) is 15.1. The van der Waals surface area contributed by atoms with E-state index in [0.29, 0.717) is 28.4 Å². The molecule has 0 spiro atoms. The van der Waals surface area contributed by atoms with Gasteiger partial charge in [-0.25, -0.2) is 8.42 Å². The molecular formula is C36H40ClN3O4S. The summed E-state index contributed by atoms with van der Waals surface area (Å²) >= 11 is 6.56. The smallest absolute Gasteiger partial charge is 0.264 e. The lowest BCUT2D eigenvalue weighted by Gasteiger charge is -2.34. The van der Waals surface area contributed by atoms with E-state index in [1.54, 1.807) is 67.6 Å². The van der Waals surface area contributed by atoms with E-state index in [9.17, 15) is 18.0 Å². The number of hydrogen-bond donors (Lipinski definition) is 1. The molecule has 45 heavy (non-hydrogen) atoms. The van der Waals surface area contributed by atoms with Gasteiger partial charge in [0, 0.05) is 24.5 Å². The zero-order valence-corrected chi connectivity index (χ0v) is 27.5. The minimum atomic E-state index is -4.17. The second-order valence-corrected chi connectivity index (χ2v) is 13.3. The second-order valence-electron chi connectivity index (χ2n) is 11.1. The van der Waals surface area contributed by atoms with Crippen LogP contribution in [0.4, 0.5) is 5.69 Å². The number of unbranched alkanes of at least 4 members (excludes halogenated alkanes) is 1. The summed E-state index contributed by atoms with van der Waals surface area (Å²) in [5.74, 6) is -0.836. The number of nitrogens with zero attached hydrogens (tertiary/aromatic N) is 2. The Morgan fingerprint density at radius 3 is 2.16 bits per heavy atom. The maximum atomic E-state index is 14.5. The van der Waals surface area contributed by atoms with E-state index in [0.717, 1.165) is 28.3 Å². The third kappa shape index (κ3) is 8.74. The fraction of sp³-hybridized carbons (Fsp3) is 0.278. The normalized spacial score (nSPS) is 11.9. The number of benzene rings is 4. The van der Waals surface area contributed by atoms with Gasteiger partial charge < -0.3 is 10.2 Å². The summed E-state index contributed by atoms with van der Waals surface area (Å²) in [6.07, 6.45) is 1.93. The van der Waals surface area contributed by atoms with Crippen molar-refractivity contribution in [3.05, 3.63) is 130 Å². The highest BCUT2D eigenvalue weighted by atomic mass is 35.5. The van der Waals surface area contributed by atoms with Crippen LogP contribution in [0.15, 0.2) is 108 Å². The van der Waals surface area contributed by atoms with Gasteiger partial charge in [-0.05, 0) is 61.2 Å². The Kier molecular flexibility index (Phi) is 11.8. The molecule has 0 saturated heterocycles. The molecule has 236 valence electrons. The van der Waals surface area contributed by atoms with Gasteiger partial charge in [-0.15, -0.1) is 0 Å². The molecule has 0 fully saturated rings. The minimum Gasteiger partial charge on any atom is -0.354 e. The van der Waals surface area contributed by atoms with Crippen molar-refractivity contribution in [3.63, 3.8) is 0 Å². The Morgan fingerprint density at radius 2 is 1.49 bits per heavy atom. The van der Waals surface area contributed by atoms with E-state index in [2.05, 4.69) is 5.32 Å². The molecule has 1 N–H and O–H groups in total. The Morgan fingerprint density at radius 1 is 0.844 bits per heavy atom. The molecule has 7 nitrogen and oxygen atoms in total. The van der Waals surface area contributed by atoms with Crippen molar-refractivity contribution in [2.24, 2.45) is 0 Å². The third-order valence-corrected chi connectivity index (χ3v) is 9.81.